The highest BCUT2D eigenvalue weighted by Gasteiger charge is 1.68. The monoisotopic (exact) mass is 194 g/mol. The van der Waals surface area contributed by atoms with Gasteiger partial charge < -0.3 is 5.48 Å². The summed E-state index contributed by atoms with van der Waals surface area (Å²) in [6, 6.07) is 0. The van der Waals surface area contributed by atoms with Crippen LogP contribution in [-0.2, 0) is 0 Å². The largest absolute Gasteiger partial charge is 0.412 e. The van der Waals surface area contributed by atoms with Gasteiger partial charge in [0.1, 0.15) is 0 Å². The lowest BCUT2D eigenvalue weighted by Crippen LogP contribution is -1.59. The SMILES string of the molecule is CC.CC.CCC.CCCCC.O. The maximum Gasteiger partial charge on any atom is -0.0538 e. The zero-order valence-corrected chi connectivity index (χ0v) is 11.3. The molecule has 0 amide bonds. The smallest absolute Gasteiger partial charge is 0.0538 e. The molecule has 0 aliphatic heterocycles. The van der Waals surface area contributed by atoms with Crippen molar-refractivity contribution in [2.24, 2.45) is 0 Å². The van der Waals surface area contributed by atoms with Crippen LogP contribution in [0.4, 0.5) is 0 Å². The lowest BCUT2D eigenvalue weighted by atomic mass is 10.3. The van der Waals surface area contributed by atoms with Gasteiger partial charge in [0.15, 0.2) is 0 Å². The molecule has 0 heterocycles. The van der Waals surface area contributed by atoms with Crippen molar-refractivity contribution >= 4 is 0 Å². The van der Waals surface area contributed by atoms with Gasteiger partial charge in [-0.05, 0) is 0 Å². The summed E-state index contributed by atoms with van der Waals surface area (Å²) in [7, 11) is 0. The molecule has 0 bridgehead atoms. The first kappa shape index (κ1) is 29.3. The van der Waals surface area contributed by atoms with Crippen LogP contribution in [0.2, 0.25) is 0 Å². The van der Waals surface area contributed by atoms with Crippen molar-refractivity contribution in [1.29, 1.82) is 0 Å². The van der Waals surface area contributed by atoms with Crippen molar-refractivity contribution in [3.63, 3.8) is 0 Å². The van der Waals surface area contributed by atoms with Gasteiger partial charge in [-0.3, -0.25) is 0 Å². The Kier molecular flexibility index (Phi) is 206. The normalized spacial score (nSPS) is 5.54. The Morgan fingerprint density at radius 2 is 0.769 bits per heavy atom. The molecule has 0 saturated carbocycles. The molecule has 0 aliphatic rings. The quantitative estimate of drug-likeness (QED) is 0.602. The van der Waals surface area contributed by atoms with Crippen LogP contribution in [0.5, 0.6) is 0 Å². The van der Waals surface area contributed by atoms with Crippen LogP contribution >= 0.6 is 0 Å². The molecular formula is C12H34O. The van der Waals surface area contributed by atoms with E-state index >= 15 is 0 Å². The Morgan fingerprint density at radius 1 is 0.615 bits per heavy atom. The van der Waals surface area contributed by atoms with E-state index in [0.29, 0.717) is 0 Å². The molecule has 0 atom stereocenters. The molecule has 0 aliphatic carbocycles. The van der Waals surface area contributed by atoms with E-state index in [2.05, 4.69) is 27.7 Å². The lowest BCUT2D eigenvalue weighted by Gasteiger charge is -1.79. The molecule has 1 heteroatoms. The topological polar surface area (TPSA) is 31.5 Å². The van der Waals surface area contributed by atoms with E-state index in [1.165, 1.54) is 25.7 Å². The Morgan fingerprint density at radius 3 is 0.769 bits per heavy atom. The van der Waals surface area contributed by atoms with Gasteiger partial charge in [0.05, 0.1) is 0 Å². The fraction of sp³-hybridized carbons (Fsp3) is 1.00. The average molecular weight is 194 g/mol. The van der Waals surface area contributed by atoms with Gasteiger partial charge in [-0.25, -0.2) is 0 Å². The highest BCUT2D eigenvalue weighted by molar-refractivity contribution is 4.24. The summed E-state index contributed by atoms with van der Waals surface area (Å²) in [5.41, 5.74) is 0. The second kappa shape index (κ2) is 91.6. The first-order chi connectivity index (χ1) is 5.83. The van der Waals surface area contributed by atoms with Crippen molar-refractivity contribution in [2.45, 2.75) is 81.1 Å². The Balaban J connectivity index is -0.0000000235. The first-order valence-electron chi connectivity index (χ1n) is 5.83. The minimum atomic E-state index is 0. The van der Waals surface area contributed by atoms with E-state index in [1.807, 2.05) is 27.7 Å². The van der Waals surface area contributed by atoms with Gasteiger partial charge in [-0.15, -0.1) is 0 Å². The van der Waals surface area contributed by atoms with Crippen LogP contribution in [0.1, 0.15) is 81.1 Å². The summed E-state index contributed by atoms with van der Waals surface area (Å²) in [5.74, 6) is 0. The van der Waals surface area contributed by atoms with Gasteiger partial charge in [-0.1, -0.05) is 81.1 Å². The summed E-state index contributed by atoms with van der Waals surface area (Å²) in [6.07, 6.45) is 5.33. The molecule has 0 aromatic carbocycles. The van der Waals surface area contributed by atoms with Crippen molar-refractivity contribution in [3.8, 4) is 0 Å². The summed E-state index contributed by atoms with van der Waals surface area (Å²) in [5, 5.41) is 0. The number of hydrogen-bond donors (Lipinski definition) is 0. The summed E-state index contributed by atoms with van der Waals surface area (Å²) in [4.78, 5) is 0. The van der Waals surface area contributed by atoms with Crippen LogP contribution in [0.15, 0.2) is 0 Å². The molecule has 0 spiro atoms. The number of hydrogen-bond acceptors (Lipinski definition) is 0. The van der Waals surface area contributed by atoms with Crippen molar-refractivity contribution in [3.05, 3.63) is 0 Å². The standard InChI is InChI=1S/C5H12.C3H8.2C2H6.H2O/c1-3-5-4-2;1-3-2;2*1-2;/h3-5H2,1-2H3;3H2,1-2H3;2*1-2H3;1H2. The molecule has 0 rings (SSSR count). The fourth-order valence-corrected chi connectivity index (χ4v) is 0.354. The van der Waals surface area contributed by atoms with Crippen LogP contribution in [0, 0.1) is 0 Å². The maximum atomic E-state index is 2.21. The zero-order chi connectivity index (χ0) is 10.8. The lowest BCUT2D eigenvalue weighted by molar-refractivity contribution is 0.772. The van der Waals surface area contributed by atoms with Gasteiger partial charge >= 0.3 is 0 Å². The van der Waals surface area contributed by atoms with E-state index in [-0.39, 0.29) is 5.48 Å². The molecule has 13 heavy (non-hydrogen) atoms. The third-order valence-corrected chi connectivity index (χ3v) is 0.707. The Hall–Kier alpha value is -0.0400. The van der Waals surface area contributed by atoms with Gasteiger partial charge in [0.2, 0.25) is 0 Å². The number of rotatable bonds is 2. The maximum absolute atomic E-state index is 2.21. The van der Waals surface area contributed by atoms with E-state index < -0.39 is 0 Å². The summed E-state index contributed by atoms with van der Waals surface area (Å²) >= 11 is 0. The highest BCUT2D eigenvalue weighted by Crippen LogP contribution is 1.88. The Bertz CT molecular complexity index is 19.1. The molecule has 0 saturated heterocycles. The number of unbranched alkanes of at least 4 members (excludes halogenated alkanes) is 2. The third kappa shape index (κ3) is 309. The van der Waals surface area contributed by atoms with Crippen molar-refractivity contribution < 1.29 is 5.48 Å². The van der Waals surface area contributed by atoms with Crippen molar-refractivity contribution in [2.75, 3.05) is 0 Å². The van der Waals surface area contributed by atoms with Crippen LogP contribution in [0.3, 0.4) is 0 Å². The molecule has 88 valence electrons. The summed E-state index contributed by atoms with van der Waals surface area (Å²) < 4.78 is 0. The van der Waals surface area contributed by atoms with Crippen LogP contribution in [-0.4, -0.2) is 5.48 Å². The highest BCUT2D eigenvalue weighted by atomic mass is 16.0. The van der Waals surface area contributed by atoms with E-state index in [4.69, 9.17) is 0 Å². The average Bonchev–Trinajstić information content (AvgIpc) is 2.14. The molecule has 0 fully saturated rings. The molecule has 0 aromatic rings. The zero-order valence-electron chi connectivity index (χ0n) is 11.3. The van der Waals surface area contributed by atoms with Gasteiger partial charge in [-0.2, -0.15) is 0 Å². The fourth-order valence-electron chi connectivity index (χ4n) is 0.354. The minimum absolute atomic E-state index is 0. The predicted octanol–water partition coefficient (Wildman–Crippen LogP) is 4.84. The second-order valence-electron chi connectivity index (χ2n) is 2.06. The van der Waals surface area contributed by atoms with Crippen molar-refractivity contribution in [1.82, 2.24) is 0 Å². The third-order valence-electron chi connectivity index (χ3n) is 0.707. The van der Waals surface area contributed by atoms with Gasteiger partial charge in [0, 0.05) is 0 Å². The van der Waals surface area contributed by atoms with E-state index in [1.54, 1.807) is 0 Å². The molecule has 0 radical (unpaired) electrons. The van der Waals surface area contributed by atoms with Crippen LogP contribution < -0.4 is 0 Å². The Labute approximate surface area is 87.3 Å². The van der Waals surface area contributed by atoms with Gasteiger partial charge in [0.25, 0.3) is 0 Å². The van der Waals surface area contributed by atoms with E-state index in [0.717, 1.165) is 0 Å². The molecule has 1 nitrogen and oxygen atoms in total. The molecule has 0 unspecified atom stereocenters. The molecule has 0 aromatic heterocycles. The first-order valence-corrected chi connectivity index (χ1v) is 5.83. The molecular weight excluding hydrogens is 160 g/mol. The predicted molar refractivity (Wildman–Crippen MR) is 67.5 cm³/mol. The van der Waals surface area contributed by atoms with Crippen LogP contribution in [0.25, 0.3) is 0 Å². The summed E-state index contributed by atoms with van der Waals surface area (Å²) in [6.45, 7) is 16.7. The minimum Gasteiger partial charge on any atom is -0.412 e. The molecule has 2 N–H and O–H groups in total. The second-order valence-corrected chi connectivity index (χ2v) is 2.06. The van der Waals surface area contributed by atoms with E-state index in [9.17, 15) is 0 Å².